The quantitative estimate of drug-likeness (QED) is 0.669. The van der Waals surface area contributed by atoms with Gasteiger partial charge in [-0.15, -0.1) is 0 Å². The van der Waals surface area contributed by atoms with Crippen LogP contribution in [0, 0.1) is 0 Å². The van der Waals surface area contributed by atoms with Crippen LogP contribution < -0.4 is 15.0 Å². The lowest BCUT2D eigenvalue weighted by Gasteiger charge is -2.23. The Kier molecular flexibility index (Phi) is 4.71. The molecule has 1 aliphatic heterocycles. The van der Waals surface area contributed by atoms with E-state index in [9.17, 15) is 0 Å². The van der Waals surface area contributed by atoms with Crippen molar-refractivity contribution in [2.24, 2.45) is 4.99 Å². The molecule has 0 bridgehead atoms. The van der Waals surface area contributed by atoms with Crippen LogP contribution in [-0.2, 0) is 0 Å². The van der Waals surface area contributed by atoms with E-state index in [0.29, 0.717) is 6.04 Å². The SMILES string of the molecule is CN=C(NC1CCN(c2ccccc2OC)C1)N(C)C. The first-order valence-electron chi connectivity index (χ1n) is 6.94. The summed E-state index contributed by atoms with van der Waals surface area (Å²) in [6, 6.07) is 8.59. The Balaban J connectivity index is 2.02. The third-order valence-corrected chi connectivity index (χ3v) is 3.58. The third-order valence-electron chi connectivity index (χ3n) is 3.58. The fourth-order valence-electron chi connectivity index (χ4n) is 2.56. The average molecular weight is 276 g/mol. The molecule has 0 saturated carbocycles. The number of benzene rings is 1. The number of hydrogen-bond donors (Lipinski definition) is 1. The van der Waals surface area contributed by atoms with Gasteiger partial charge >= 0.3 is 0 Å². The summed E-state index contributed by atoms with van der Waals surface area (Å²) in [5.74, 6) is 1.86. The Morgan fingerprint density at radius 2 is 2.15 bits per heavy atom. The molecule has 5 nitrogen and oxygen atoms in total. The Morgan fingerprint density at radius 1 is 1.40 bits per heavy atom. The second kappa shape index (κ2) is 6.50. The van der Waals surface area contributed by atoms with Crippen molar-refractivity contribution in [2.45, 2.75) is 12.5 Å². The summed E-state index contributed by atoms with van der Waals surface area (Å²) in [6.45, 7) is 2.00. The normalized spacial score (nSPS) is 19.1. The molecule has 1 saturated heterocycles. The van der Waals surface area contributed by atoms with Gasteiger partial charge in [0.25, 0.3) is 0 Å². The molecule has 0 radical (unpaired) electrons. The van der Waals surface area contributed by atoms with E-state index < -0.39 is 0 Å². The van der Waals surface area contributed by atoms with Crippen LogP contribution in [0.4, 0.5) is 5.69 Å². The number of methoxy groups -OCH3 is 1. The van der Waals surface area contributed by atoms with Crippen LogP contribution >= 0.6 is 0 Å². The van der Waals surface area contributed by atoms with Gasteiger partial charge in [0, 0.05) is 40.3 Å². The highest BCUT2D eigenvalue weighted by Crippen LogP contribution is 2.30. The summed E-state index contributed by atoms with van der Waals surface area (Å²) in [5, 5.41) is 3.50. The number of guanidine groups is 1. The average Bonchev–Trinajstić information content (AvgIpc) is 2.92. The Hall–Kier alpha value is -1.91. The predicted octanol–water partition coefficient (Wildman–Crippen LogP) is 1.41. The van der Waals surface area contributed by atoms with Gasteiger partial charge < -0.3 is 19.9 Å². The minimum atomic E-state index is 0.418. The minimum absolute atomic E-state index is 0.418. The molecule has 1 fully saturated rings. The molecule has 20 heavy (non-hydrogen) atoms. The number of aliphatic imine (C=N–C) groups is 1. The van der Waals surface area contributed by atoms with Crippen molar-refractivity contribution in [2.75, 3.05) is 46.2 Å². The number of nitrogens with one attached hydrogen (secondary N) is 1. The van der Waals surface area contributed by atoms with E-state index in [0.717, 1.165) is 31.2 Å². The lowest BCUT2D eigenvalue weighted by Crippen LogP contribution is -2.43. The van der Waals surface area contributed by atoms with Crippen molar-refractivity contribution >= 4 is 11.6 Å². The number of para-hydroxylation sites is 2. The molecule has 0 spiro atoms. The first kappa shape index (κ1) is 14.5. The van der Waals surface area contributed by atoms with Crippen molar-refractivity contribution in [3.63, 3.8) is 0 Å². The molecule has 1 heterocycles. The minimum Gasteiger partial charge on any atom is -0.495 e. The topological polar surface area (TPSA) is 40.1 Å². The predicted molar refractivity (Wildman–Crippen MR) is 83.8 cm³/mol. The molecule has 1 aromatic rings. The summed E-state index contributed by atoms with van der Waals surface area (Å²) in [6.07, 6.45) is 1.10. The molecule has 5 heteroatoms. The van der Waals surface area contributed by atoms with Gasteiger partial charge in [0.1, 0.15) is 5.75 Å². The van der Waals surface area contributed by atoms with Gasteiger partial charge in [-0.1, -0.05) is 12.1 Å². The molecule has 0 aromatic heterocycles. The molecule has 1 unspecified atom stereocenters. The summed E-state index contributed by atoms with van der Waals surface area (Å²) < 4.78 is 5.44. The maximum absolute atomic E-state index is 5.44. The Bertz CT molecular complexity index is 473. The second-order valence-electron chi connectivity index (χ2n) is 5.19. The highest BCUT2D eigenvalue weighted by molar-refractivity contribution is 5.79. The van der Waals surface area contributed by atoms with Gasteiger partial charge in [0.2, 0.25) is 0 Å². The fourth-order valence-corrected chi connectivity index (χ4v) is 2.56. The zero-order valence-electron chi connectivity index (χ0n) is 12.8. The molecule has 0 amide bonds. The van der Waals surface area contributed by atoms with E-state index in [1.54, 1.807) is 7.11 Å². The van der Waals surface area contributed by atoms with Gasteiger partial charge in [0.15, 0.2) is 5.96 Å². The number of hydrogen-bond acceptors (Lipinski definition) is 3. The van der Waals surface area contributed by atoms with Crippen molar-refractivity contribution in [3.05, 3.63) is 24.3 Å². The number of nitrogens with zero attached hydrogens (tertiary/aromatic N) is 3. The molecule has 1 aliphatic rings. The van der Waals surface area contributed by atoms with E-state index in [-0.39, 0.29) is 0 Å². The van der Waals surface area contributed by atoms with Crippen molar-refractivity contribution in [1.29, 1.82) is 0 Å². The highest BCUT2D eigenvalue weighted by Gasteiger charge is 2.25. The van der Waals surface area contributed by atoms with Crippen molar-refractivity contribution in [1.82, 2.24) is 10.2 Å². The Morgan fingerprint density at radius 3 is 2.80 bits per heavy atom. The van der Waals surface area contributed by atoms with Crippen LogP contribution in [0.5, 0.6) is 5.75 Å². The van der Waals surface area contributed by atoms with E-state index in [2.05, 4.69) is 27.3 Å². The van der Waals surface area contributed by atoms with Crippen LogP contribution in [-0.4, -0.2) is 58.2 Å². The van der Waals surface area contributed by atoms with E-state index in [1.165, 1.54) is 5.69 Å². The lowest BCUT2D eigenvalue weighted by atomic mass is 10.2. The molecular formula is C15H24N4O. The molecule has 0 aliphatic carbocycles. The molecule has 1 aromatic carbocycles. The second-order valence-corrected chi connectivity index (χ2v) is 5.19. The van der Waals surface area contributed by atoms with Crippen molar-refractivity contribution in [3.8, 4) is 5.75 Å². The first-order valence-corrected chi connectivity index (χ1v) is 6.94. The summed E-state index contributed by atoms with van der Waals surface area (Å²) in [4.78, 5) is 8.64. The van der Waals surface area contributed by atoms with Crippen LogP contribution in [0.15, 0.2) is 29.3 Å². The molecule has 110 valence electrons. The zero-order chi connectivity index (χ0) is 14.5. The lowest BCUT2D eigenvalue weighted by molar-refractivity contribution is 0.415. The third kappa shape index (κ3) is 3.15. The monoisotopic (exact) mass is 276 g/mol. The van der Waals surface area contributed by atoms with Gasteiger partial charge in [-0.3, -0.25) is 4.99 Å². The van der Waals surface area contributed by atoms with E-state index >= 15 is 0 Å². The Labute approximate surface area is 121 Å². The first-order chi connectivity index (χ1) is 9.65. The molecular weight excluding hydrogens is 252 g/mol. The van der Waals surface area contributed by atoms with Crippen LogP contribution in [0.2, 0.25) is 0 Å². The van der Waals surface area contributed by atoms with Crippen LogP contribution in [0.3, 0.4) is 0 Å². The molecule has 1 atom stereocenters. The number of ether oxygens (including phenoxy) is 1. The van der Waals surface area contributed by atoms with Gasteiger partial charge in [-0.05, 0) is 18.6 Å². The molecule has 2 rings (SSSR count). The van der Waals surface area contributed by atoms with Gasteiger partial charge in [-0.2, -0.15) is 0 Å². The van der Waals surface area contributed by atoms with Crippen LogP contribution in [0.1, 0.15) is 6.42 Å². The number of anilines is 1. The highest BCUT2D eigenvalue weighted by atomic mass is 16.5. The maximum atomic E-state index is 5.44. The summed E-state index contributed by atoms with van der Waals surface area (Å²) in [7, 11) is 7.54. The van der Waals surface area contributed by atoms with E-state index in [1.807, 2.05) is 38.2 Å². The summed E-state index contributed by atoms with van der Waals surface area (Å²) >= 11 is 0. The van der Waals surface area contributed by atoms with E-state index in [4.69, 9.17) is 4.74 Å². The number of rotatable bonds is 3. The zero-order valence-corrected chi connectivity index (χ0v) is 12.8. The summed E-state index contributed by atoms with van der Waals surface area (Å²) in [5.41, 5.74) is 1.17. The molecule has 1 N–H and O–H groups in total. The van der Waals surface area contributed by atoms with Gasteiger partial charge in [0.05, 0.1) is 12.8 Å². The fraction of sp³-hybridized carbons (Fsp3) is 0.533. The van der Waals surface area contributed by atoms with Crippen LogP contribution in [0.25, 0.3) is 0 Å². The smallest absolute Gasteiger partial charge is 0.193 e. The maximum Gasteiger partial charge on any atom is 0.193 e. The van der Waals surface area contributed by atoms with Gasteiger partial charge in [-0.25, -0.2) is 0 Å². The van der Waals surface area contributed by atoms with Crippen molar-refractivity contribution < 1.29 is 4.74 Å². The standard InChI is InChI=1S/C15H24N4O/c1-16-15(18(2)3)17-12-9-10-19(11-12)13-7-5-6-8-14(13)20-4/h5-8,12H,9-11H2,1-4H3,(H,16,17). The largest absolute Gasteiger partial charge is 0.495 e.